The van der Waals surface area contributed by atoms with Gasteiger partial charge in [0.15, 0.2) is 0 Å². The topological polar surface area (TPSA) is 69.6 Å². The lowest BCUT2D eigenvalue weighted by Crippen LogP contribution is -2.48. The van der Waals surface area contributed by atoms with Crippen molar-refractivity contribution in [2.24, 2.45) is 5.92 Å². The van der Waals surface area contributed by atoms with Crippen LogP contribution in [-0.2, 0) is 4.79 Å². The summed E-state index contributed by atoms with van der Waals surface area (Å²) in [6.07, 6.45) is 5.73. The van der Waals surface area contributed by atoms with Gasteiger partial charge in [-0.3, -0.25) is 4.79 Å². The predicted octanol–water partition coefficient (Wildman–Crippen LogP) is 2.46. The Bertz CT molecular complexity index is 316. The van der Waals surface area contributed by atoms with Crippen molar-refractivity contribution in [1.82, 2.24) is 10.2 Å². The van der Waals surface area contributed by atoms with E-state index < -0.39 is 5.97 Å². The highest BCUT2D eigenvalue weighted by molar-refractivity contribution is 5.74. The Hall–Kier alpha value is -1.26. The second-order valence-corrected chi connectivity index (χ2v) is 5.72. The quantitative estimate of drug-likeness (QED) is 0.746. The van der Waals surface area contributed by atoms with Crippen LogP contribution in [0.3, 0.4) is 0 Å². The Morgan fingerprint density at radius 3 is 2.42 bits per heavy atom. The van der Waals surface area contributed by atoms with Crippen molar-refractivity contribution in [2.45, 2.75) is 64.5 Å². The summed E-state index contributed by atoms with van der Waals surface area (Å²) in [5, 5.41) is 11.8. The highest BCUT2D eigenvalue weighted by atomic mass is 16.4. The molecule has 2 unspecified atom stereocenters. The zero-order valence-corrected chi connectivity index (χ0v) is 12.2. The molecule has 1 fully saturated rings. The summed E-state index contributed by atoms with van der Waals surface area (Å²) in [7, 11) is 1.85. The number of nitrogens with one attached hydrogen (secondary N) is 1. The van der Waals surface area contributed by atoms with Crippen LogP contribution in [-0.4, -0.2) is 41.1 Å². The minimum Gasteiger partial charge on any atom is -0.481 e. The minimum atomic E-state index is -0.749. The van der Waals surface area contributed by atoms with Gasteiger partial charge < -0.3 is 15.3 Å². The molecule has 2 amide bonds. The average Bonchev–Trinajstić information content (AvgIpc) is 2.25. The lowest BCUT2D eigenvalue weighted by Gasteiger charge is -2.35. The van der Waals surface area contributed by atoms with Gasteiger partial charge in [0, 0.05) is 19.1 Å². The van der Waals surface area contributed by atoms with Crippen LogP contribution in [0.5, 0.6) is 0 Å². The van der Waals surface area contributed by atoms with Gasteiger partial charge in [-0.25, -0.2) is 4.79 Å². The molecule has 1 aliphatic carbocycles. The van der Waals surface area contributed by atoms with Crippen LogP contribution in [0.2, 0.25) is 0 Å². The maximum Gasteiger partial charge on any atom is 0.317 e. The van der Waals surface area contributed by atoms with Crippen molar-refractivity contribution in [3.05, 3.63) is 0 Å². The lowest BCUT2D eigenvalue weighted by atomic mass is 9.92. The molecule has 0 spiro atoms. The molecule has 2 atom stereocenters. The molecule has 0 aliphatic heterocycles. The molecule has 0 aromatic rings. The number of carbonyl (C=O) groups excluding carboxylic acids is 1. The van der Waals surface area contributed by atoms with Crippen LogP contribution < -0.4 is 5.32 Å². The van der Waals surface area contributed by atoms with Crippen molar-refractivity contribution >= 4 is 12.0 Å². The van der Waals surface area contributed by atoms with Crippen LogP contribution in [0.1, 0.15) is 52.4 Å². The molecular weight excluding hydrogens is 244 g/mol. The van der Waals surface area contributed by atoms with Crippen LogP contribution >= 0.6 is 0 Å². The standard InChI is InChI=1S/C14H26N2O3/c1-10(13(17)18)6-4-7-11(2)15-14(19)16(3)12-8-5-9-12/h10-12H,4-9H2,1-3H3,(H,15,19)(H,17,18). The average molecular weight is 270 g/mol. The first-order valence-corrected chi connectivity index (χ1v) is 7.18. The van der Waals surface area contributed by atoms with Gasteiger partial charge in [0.2, 0.25) is 0 Å². The molecule has 5 heteroatoms. The molecule has 2 N–H and O–H groups in total. The molecule has 0 aromatic heterocycles. The summed E-state index contributed by atoms with van der Waals surface area (Å²) in [5.41, 5.74) is 0. The number of hydrogen-bond donors (Lipinski definition) is 2. The second-order valence-electron chi connectivity index (χ2n) is 5.72. The molecular formula is C14H26N2O3. The van der Waals surface area contributed by atoms with E-state index in [9.17, 15) is 9.59 Å². The third kappa shape index (κ3) is 5.09. The fourth-order valence-electron chi connectivity index (χ4n) is 2.18. The Morgan fingerprint density at radius 1 is 1.32 bits per heavy atom. The van der Waals surface area contributed by atoms with Crippen LogP contribution in [0.4, 0.5) is 4.79 Å². The van der Waals surface area contributed by atoms with Crippen LogP contribution in [0, 0.1) is 5.92 Å². The Labute approximate surface area is 115 Å². The first kappa shape index (κ1) is 15.8. The summed E-state index contributed by atoms with van der Waals surface area (Å²) in [5.74, 6) is -1.05. The van der Waals surface area contributed by atoms with Crippen molar-refractivity contribution < 1.29 is 14.7 Å². The molecule has 1 saturated carbocycles. The van der Waals surface area contributed by atoms with Gasteiger partial charge in [0.25, 0.3) is 0 Å². The smallest absolute Gasteiger partial charge is 0.317 e. The number of carboxylic acid groups (broad SMARTS) is 1. The first-order valence-electron chi connectivity index (χ1n) is 7.18. The summed E-state index contributed by atoms with van der Waals surface area (Å²) in [6.45, 7) is 3.69. The highest BCUT2D eigenvalue weighted by Crippen LogP contribution is 2.23. The Balaban J connectivity index is 2.17. The third-order valence-electron chi connectivity index (χ3n) is 4.01. The van der Waals surface area contributed by atoms with Crippen LogP contribution in [0.25, 0.3) is 0 Å². The van der Waals surface area contributed by atoms with Gasteiger partial charge in [-0.2, -0.15) is 0 Å². The van der Waals surface area contributed by atoms with Gasteiger partial charge in [0.05, 0.1) is 5.92 Å². The van der Waals surface area contributed by atoms with Crippen molar-refractivity contribution in [1.29, 1.82) is 0 Å². The summed E-state index contributed by atoms with van der Waals surface area (Å²) >= 11 is 0. The van der Waals surface area contributed by atoms with E-state index in [0.29, 0.717) is 12.5 Å². The maximum absolute atomic E-state index is 11.9. The van der Waals surface area contributed by atoms with E-state index in [2.05, 4.69) is 5.32 Å². The van der Waals surface area contributed by atoms with Crippen molar-refractivity contribution in [3.8, 4) is 0 Å². The summed E-state index contributed by atoms with van der Waals surface area (Å²) in [6, 6.07) is 0.485. The van der Waals surface area contributed by atoms with E-state index in [0.717, 1.165) is 25.7 Å². The number of hydrogen-bond acceptors (Lipinski definition) is 2. The molecule has 0 radical (unpaired) electrons. The number of carboxylic acids is 1. The summed E-state index contributed by atoms with van der Waals surface area (Å²) < 4.78 is 0. The monoisotopic (exact) mass is 270 g/mol. The number of nitrogens with zero attached hydrogens (tertiary/aromatic N) is 1. The zero-order valence-electron chi connectivity index (χ0n) is 12.2. The van der Waals surface area contributed by atoms with E-state index in [1.54, 1.807) is 11.8 Å². The van der Waals surface area contributed by atoms with Gasteiger partial charge in [-0.05, 0) is 39.0 Å². The van der Waals surface area contributed by atoms with Gasteiger partial charge in [0.1, 0.15) is 0 Å². The Morgan fingerprint density at radius 2 is 1.95 bits per heavy atom. The molecule has 1 rings (SSSR count). The molecule has 0 aromatic carbocycles. The van der Waals surface area contributed by atoms with E-state index in [4.69, 9.17) is 5.11 Å². The fraction of sp³-hybridized carbons (Fsp3) is 0.857. The maximum atomic E-state index is 11.9. The van der Waals surface area contributed by atoms with Crippen molar-refractivity contribution in [3.63, 3.8) is 0 Å². The molecule has 110 valence electrons. The molecule has 0 heterocycles. The largest absolute Gasteiger partial charge is 0.481 e. The SMILES string of the molecule is CC(CCCC(C)C(=O)O)NC(=O)N(C)C1CCC1. The van der Waals surface area contributed by atoms with Gasteiger partial charge in [-0.1, -0.05) is 13.3 Å². The van der Waals surface area contributed by atoms with E-state index in [1.165, 1.54) is 6.42 Å². The predicted molar refractivity (Wildman–Crippen MR) is 74.0 cm³/mol. The normalized spacial score (nSPS) is 18.3. The van der Waals surface area contributed by atoms with E-state index in [1.807, 2.05) is 14.0 Å². The van der Waals surface area contributed by atoms with E-state index in [-0.39, 0.29) is 18.0 Å². The second kappa shape index (κ2) is 7.36. The van der Waals surface area contributed by atoms with Gasteiger partial charge >= 0.3 is 12.0 Å². The highest BCUT2D eigenvalue weighted by Gasteiger charge is 2.26. The number of urea groups is 1. The minimum absolute atomic E-state index is 0.0107. The lowest BCUT2D eigenvalue weighted by molar-refractivity contribution is -0.141. The van der Waals surface area contributed by atoms with Crippen LogP contribution in [0.15, 0.2) is 0 Å². The van der Waals surface area contributed by atoms with E-state index >= 15 is 0 Å². The zero-order chi connectivity index (χ0) is 14.4. The molecule has 5 nitrogen and oxygen atoms in total. The number of aliphatic carboxylic acids is 1. The molecule has 0 saturated heterocycles. The molecule has 1 aliphatic rings. The number of amides is 2. The fourth-order valence-corrected chi connectivity index (χ4v) is 2.18. The third-order valence-corrected chi connectivity index (χ3v) is 4.01. The first-order chi connectivity index (χ1) is 8.91. The summed E-state index contributed by atoms with van der Waals surface area (Å²) in [4.78, 5) is 24.4. The molecule has 0 bridgehead atoms. The number of carbonyl (C=O) groups is 2. The molecule has 19 heavy (non-hydrogen) atoms. The number of rotatable bonds is 7. The van der Waals surface area contributed by atoms with Gasteiger partial charge in [-0.15, -0.1) is 0 Å². The van der Waals surface area contributed by atoms with Crippen molar-refractivity contribution in [2.75, 3.05) is 7.05 Å². The Kier molecular flexibility index (Phi) is 6.12.